The number of nitrogens with zero attached hydrogens (tertiary/aromatic N) is 2. The minimum Gasteiger partial charge on any atom is -0.497 e. The topological polar surface area (TPSA) is 81.3 Å². The summed E-state index contributed by atoms with van der Waals surface area (Å²) in [6.07, 6.45) is 3.10. The van der Waals surface area contributed by atoms with E-state index in [1.807, 2.05) is 44.2 Å². The second-order valence-corrected chi connectivity index (χ2v) is 7.34. The Kier molecular flexibility index (Phi) is 6.69. The molecule has 1 amide bonds. The van der Waals surface area contributed by atoms with Gasteiger partial charge in [-0.05, 0) is 54.3 Å². The number of amides is 1. The maximum atomic E-state index is 12.8. The van der Waals surface area contributed by atoms with Gasteiger partial charge in [0.1, 0.15) is 17.6 Å². The molecular weight excluding hydrogens is 372 g/mol. The molecule has 1 aromatic heterocycles. The molecule has 3 rings (SSSR count). The van der Waals surface area contributed by atoms with Crippen LogP contribution in [0.15, 0.2) is 52.2 Å². The highest BCUT2D eigenvalue weighted by Crippen LogP contribution is 2.33. The van der Waals surface area contributed by atoms with Crippen molar-refractivity contribution in [3.63, 3.8) is 0 Å². The molecular formula is C22H26N2O5. The lowest BCUT2D eigenvalue weighted by Gasteiger charge is -2.19. The number of hydrazone groups is 1. The zero-order valence-corrected chi connectivity index (χ0v) is 17.0. The number of benzene rings is 1. The van der Waals surface area contributed by atoms with Crippen LogP contribution in [-0.2, 0) is 14.3 Å². The van der Waals surface area contributed by atoms with Gasteiger partial charge in [0.05, 0.1) is 19.1 Å². The molecule has 0 aliphatic carbocycles. The molecule has 1 aliphatic heterocycles. The third-order valence-corrected chi connectivity index (χ3v) is 4.74. The van der Waals surface area contributed by atoms with Crippen LogP contribution >= 0.6 is 0 Å². The Morgan fingerprint density at radius 3 is 2.62 bits per heavy atom. The molecule has 2 aromatic rings. The summed E-state index contributed by atoms with van der Waals surface area (Å²) in [5.74, 6) is 1.03. The van der Waals surface area contributed by atoms with Crippen LogP contribution in [0, 0.1) is 5.92 Å². The Balaban J connectivity index is 1.72. The SMILES string of the molecule is COc1ccc(C2=NN(C(=O)COC(=O)CCC(C)C)[C@@H](c3ccco3)C2)cc1. The van der Waals surface area contributed by atoms with E-state index in [4.69, 9.17) is 13.9 Å². The van der Waals surface area contributed by atoms with Crippen molar-refractivity contribution in [2.45, 2.75) is 39.2 Å². The molecule has 1 aromatic carbocycles. The van der Waals surface area contributed by atoms with Gasteiger partial charge in [0, 0.05) is 12.8 Å². The van der Waals surface area contributed by atoms with E-state index in [-0.39, 0.29) is 24.5 Å². The smallest absolute Gasteiger partial charge is 0.306 e. The quantitative estimate of drug-likeness (QED) is 0.629. The molecule has 0 unspecified atom stereocenters. The van der Waals surface area contributed by atoms with Crippen LogP contribution in [0.4, 0.5) is 0 Å². The summed E-state index contributed by atoms with van der Waals surface area (Å²) in [6, 6.07) is 10.7. The van der Waals surface area contributed by atoms with E-state index >= 15 is 0 Å². The molecule has 1 atom stereocenters. The fourth-order valence-electron chi connectivity index (χ4n) is 3.09. The molecule has 0 radical (unpaired) electrons. The van der Waals surface area contributed by atoms with E-state index in [0.717, 1.165) is 23.4 Å². The Morgan fingerprint density at radius 1 is 1.24 bits per heavy atom. The molecule has 0 saturated heterocycles. The fourth-order valence-corrected chi connectivity index (χ4v) is 3.09. The molecule has 7 nitrogen and oxygen atoms in total. The number of esters is 1. The number of carbonyl (C=O) groups is 2. The molecule has 2 heterocycles. The normalized spacial score (nSPS) is 16.1. The van der Waals surface area contributed by atoms with E-state index in [1.165, 1.54) is 5.01 Å². The van der Waals surface area contributed by atoms with Gasteiger partial charge in [0.25, 0.3) is 5.91 Å². The van der Waals surface area contributed by atoms with Crippen LogP contribution in [0.3, 0.4) is 0 Å². The van der Waals surface area contributed by atoms with Crippen molar-refractivity contribution in [1.82, 2.24) is 5.01 Å². The molecule has 1 aliphatic rings. The molecule has 0 bridgehead atoms. The number of rotatable bonds is 8. The number of carbonyl (C=O) groups excluding carboxylic acids is 2. The maximum absolute atomic E-state index is 12.8. The highest BCUT2D eigenvalue weighted by molar-refractivity contribution is 6.03. The van der Waals surface area contributed by atoms with Crippen LogP contribution < -0.4 is 4.74 Å². The third-order valence-electron chi connectivity index (χ3n) is 4.74. The molecule has 0 N–H and O–H groups in total. The summed E-state index contributed by atoms with van der Waals surface area (Å²) in [4.78, 5) is 24.6. The monoisotopic (exact) mass is 398 g/mol. The van der Waals surface area contributed by atoms with Crippen molar-refractivity contribution in [2.75, 3.05) is 13.7 Å². The first-order chi connectivity index (χ1) is 14.0. The van der Waals surface area contributed by atoms with Crippen molar-refractivity contribution < 1.29 is 23.5 Å². The van der Waals surface area contributed by atoms with E-state index in [1.54, 1.807) is 19.4 Å². The number of ether oxygens (including phenoxy) is 2. The Hall–Kier alpha value is -3.09. The van der Waals surface area contributed by atoms with Gasteiger partial charge in [-0.25, -0.2) is 5.01 Å². The fraction of sp³-hybridized carbons (Fsp3) is 0.409. The Labute approximate surface area is 170 Å². The van der Waals surface area contributed by atoms with Crippen LogP contribution in [0.25, 0.3) is 0 Å². The van der Waals surface area contributed by atoms with Gasteiger partial charge in [-0.2, -0.15) is 5.10 Å². The number of methoxy groups -OCH3 is 1. The zero-order valence-electron chi connectivity index (χ0n) is 17.0. The van der Waals surface area contributed by atoms with Gasteiger partial charge in [-0.1, -0.05) is 13.8 Å². The first kappa shape index (κ1) is 20.6. The molecule has 0 spiro atoms. The van der Waals surface area contributed by atoms with Crippen molar-refractivity contribution in [3.8, 4) is 5.75 Å². The first-order valence-electron chi connectivity index (χ1n) is 9.71. The average molecular weight is 398 g/mol. The highest BCUT2D eigenvalue weighted by atomic mass is 16.5. The summed E-state index contributed by atoms with van der Waals surface area (Å²) in [7, 11) is 1.61. The van der Waals surface area contributed by atoms with Gasteiger partial charge >= 0.3 is 5.97 Å². The average Bonchev–Trinajstić information content (AvgIpc) is 3.40. The van der Waals surface area contributed by atoms with Crippen LogP contribution in [0.1, 0.15) is 50.5 Å². The lowest BCUT2D eigenvalue weighted by atomic mass is 10.0. The van der Waals surface area contributed by atoms with E-state index in [9.17, 15) is 9.59 Å². The second-order valence-electron chi connectivity index (χ2n) is 7.34. The van der Waals surface area contributed by atoms with Crippen molar-refractivity contribution in [3.05, 3.63) is 54.0 Å². The number of hydrogen-bond donors (Lipinski definition) is 0. The molecule has 0 saturated carbocycles. The van der Waals surface area contributed by atoms with Gasteiger partial charge in [-0.3, -0.25) is 9.59 Å². The summed E-state index contributed by atoms with van der Waals surface area (Å²) in [6.45, 7) is 3.73. The minimum absolute atomic E-state index is 0.299. The first-order valence-corrected chi connectivity index (χ1v) is 9.71. The van der Waals surface area contributed by atoms with Crippen molar-refractivity contribution >= 4 is 17.6 Å². The van der Waals surface area contributed by atoms with Crippen LogP contribution in [0.2, 0.25) is 0 Å². The largest absolute Gasteiger partial charge is 0.497 e. The second kappa shape index (κ2) is 9.41. The van der Waals surface area contributed by atoms with Crippen molar-refractivity contribution in [2.24, 2.45) is 11.0 Å². The summed E-state index contributed by atoms with van der Waals surface area (Å²) in [5, 5.41) is 5.87. The zero-order chi connectivity index (χ0) is 20.8. The lowest BCUT2D eigenvalue weighted by molar-refractivity contribution is -0.153. The molecule has 29 heavy (non-hydrogen) atoms. The Morgan fingerprint density at radius 2 is 2.00 bits per heavy atom. The van der Waals surface area contributed by atoms with Crippen LogP contribution in [-0.4, -0.2) is 36.3 Å². The maximum Gasteiger partial charge on any atom is 0.306 e. The van der Waals surface area contributed by atoms with Gasteiger partial charge in [-0.15, -0.1) is 0 Å². The number of hydrogen-bond acceptors (Lipinski definition) is 6. The van der Waals surface area contributed by atoms with Gasteiger partial charge < -0.3 is 13.9 Å². The summed E-state index contributed by atoms with van der Waals surface area (Å²) in [5.41, 5.74) is 1.65. The Bertz CT molecular complexity index is 856. The van der Waals surface area contributed by atoms with E-state index in [0.29, 0.717) is 24.5 Å². The standard InChI is InChI=1S/C22H26N2O5/c1-15(2)6-11-22(26)29-14-21(25)24-19(20-5-4-12-28-20)13-18(23-24)16-7-9-17(27-3)10-8-16/h4-5,7-10,12,15,19H,6,11,13-14H2,1-3H3/t19-/m1/s1. The van der Waals surface area contributed by atoms with Crippen LogP contribution in [0.5, 0.6) is 5.75 Å². The van der Waals surface area contributed by atoms with Crippen molar-refractivity contribution in [1.29, 1.82) is 0 Å². The van der Waals surface area contributed by atoms with E-state index in [2.05, 4.69) is 5.10 Å². The third kappa shape index (κ3) is 5.25. The van der Waals surface area contributed by atoms with Gasteiger partial charge in [0.2, 0.25) is 0 Å². The molecule has 0 fully saturated rings. The lowest BCUT2D eigenvalue weighted by Crippen LogP contribution is -2.31. The van der Waals surface area contributed by atoms with Gasteiger partial charge in [0.15, 0.2) is 6.61 Å². The predicted octanol–water partition coefficient (Wildman–Crippen LogP) is 3.95. The molecule has 154 valence electrons. The predicted molar refractivity (Wildman–Crippen MR) is 107 cm³/mol. The molecule has 7 heteroatoms. The van der Waals surface area contributed by atoms with E-state index < -0.39 is 0 Å². The minimum atomic E-state index is -0.382. The summed E-state index contributed by atoms with van der Waals surface area (Å²) >= 11 is 0. The number of furan rings is 1. The summed E-state index contributed by atoms with van der Waals surface area (Å²) < 4.78 is 15.9. The highest BCUT2D eigenvalue weighted by Gasteiger charge is 2.35.